The van der Waals surface area contributed by atoms with E-state index in [0.717, 1.165) is 27.6 Å². The predicted octanol–water partition coefficient (Wildman–Crippen LogP) is 5.47. The molecule has 40 heavy (non-hydrogen) atoms. The summed E-state index contributed by atoms with van der Waals surface area (Å²) >= 11 is 3.45. The van der Waals surface area contributed by atoms with Gasteiger partial charge in [-0.25, -0.2) is 8.42 Å². The first-order valence-corrected chi connectivity index (χ1v) is 16.1. The van der Waals surface area contributed by atoms with Crippen LogP contribution >= 0.6 is 15.9 Å². The van der Waals surface area contributed by atoms with Gasteiger partial charge in [-0.15, -0.1) is 0 Å². The second-order valence-corrected chi connectivity index (χ2v) is 12.7. The van der Waals surface area contributed by atoms with Crippen LogP contribution in [0.15, 0.2) is 83.3 Å². The molecule has 0 bridgehead atoms. The molecule has 0 heterocycles. The fraction of sp³-hybridized carbons (Fsp3) is 0.355. The summed E-state index contributed by atoms with van der Waals surface area (Å²) in [5.41, 5.74) is 3.45. The number of carbonyl (C=O) groups excluding carboxylic acids is 2. The van der Waals surface area contributed by atoms with Crippen molar-refractivity contribution in [2.75, 3.05) is 23.7 Å². The monoisotopic (exact) mass is 627 g/mol. The van der Waals surface area contributed by atoms with Gasteiger partial charge in [-0.05, 0) is 55.2 Å². The number of halogens is 1. The van der Waals surface area contributed by atoms with Crippen LogP contribution in [0, 0.1) is 6.92 Å². The van der Waals surface area contributed by atoms with E-state index in [1.165, 1.54) is 10.6 Å². The molecule has 2 amide bonds. The molecule has 1 atom stereocenters. The minimum Gasteiger partial charge on any atom is -0.354 e. The molecule has 0 aliphatic carbocycles. The van der Waals surface area contributed by atoms with Gasteiger partial charge in [0, 0.05) is 36.9 Å². The first kappa shape index (κ1) is 31.4. The quantitative estimate of drug-likeness (QED) is 0.257. The van der Waals surface area contributed by atoms with Gasteiger partial charge in [0.1, 0.15) is 6.04 Å². The normalized spacial score (nSPS) is 12.0. The first-order chi connectivity index (χ1) is 19.1. The third kappa shape index (κ3) is 9.48. The maximum Gasteiger partial charge on any atom is 0.243 e. The van der Waals surface area contributed by atoms with E-state index < -0.39 is 16.1 Å². The zero-order valence-electron chi connectivity index (χ0n) is 23.3. The minimum atomic E-state index is -3.54. The van der Waals surface area contributed by atoms with Crippen molar-refractivity contribution in [2.24, 2.45) is 0 Å². The lowest BCUT2D eigenvalue weighted by Gasteiger charge is -2.32. The molecule has 3 rings (SSSR count). The molecule has 0 spiro atoms. The van der Waals surface area contributed by atoms with E-state index in [9.17, 15) is 18.0 Å². The van der Waals surface area contributed by atoms with E-state index in [-0.39, 0.29) is 31.3 Å². The Morgan fingerprint density at radius 2 is 1.57 bits per heavy atom. The number of hydrogen-bond donors (Lipinski definition) is 1. The van der Waals surface area contributed by atoms with Crippen molar-refractivity contribution in [3.8, 4) is 0 Å². The lowest BCUT2D eigenvalue weighted by Crippen LogP contribution is -2.50. The van der Waals surface area contributed by atoms with Gasteiger partial charge in [-0.3, -0.25) is 13.9 Å². The molecule has 0 saturated carbocycles. The molecule has 7 nitrogen and oxygen atoms in total. The fourth-order valence-corrected chi connectivity index (χ4v) is 5.65. The van der Waals surface area contributed by atoms with E-state index in [2.05, 4.69) is 21.2 Å². The van der Waals surface area contributed by atoms with E-state index in [4.69, 9.17) is 0 Å². The van der Waals surface area contributed by atoms with Gasteiger partial charge in [-0.1, -0.05) is 83.0 Å². The molecule has 1 N–H and O–H groups in total. The molecule has 3 aromatic carbocycles. The van der Waals surface area contributed by atoms with Crippen LogP contribution in [0.5, 0.6) is 0 Å². The molecule has 0 fully saturated rings. The van der Waals surface area contributed by atoms with Crippen molar-refractivity contribution in [3.63, 3.8) is 0 Å². The third-order valence-corrected chi connectivity index (χ3v) is 8.28. The van der Waals surface area contributed by atoms with Crippen LogP contribution in [-0.2, 0) is 32.6 Å². The number of carbonyl (C=O) groups is 2. The van der Waals surface area contributed by atoms with Gasteiger partial charge >= 0.3 is 0 Å². The zero-order chi connectivity index (χ0) is 29.1. The summed E-state index contributed by atoms with van der Waals surface area (Å²) in [5, 5.41) is 2.98. The Bertz CT molecular complexity index is 1350. The van der Waals surface area contributed by atoms with E-state index in [1.807, 2.05) is 80.6 Å². The number of sulfonamides is 1. The second-order valence-electron chi connectivity index (χ2n) is 9.92. The summed E-state index contributed by atoms with van der Waals surface area (Å²) in [6, 6.07) is 23.9. The van der Waals surface area contributed by atoms with E-state index in [0.29, 0.717) is 25.1 Å². The Labute approximate surface area is 246 Å². The average molecular weight is 629 g/mol. The Morgan fingerprint density at radius 1 is 0.925 bits per heavy atom. The number of hydrogen-bond acceptors (Lipinski definition) is 4. The van der Waals surface area contributed by atoms with Crippen LogP contribution in [0.3, 0.4) is 0 Å². The molecule has 0 aromatic heterocycles. The van der Waals surface area contributed by atoms with Gasteiger partial charge < -0.3 is 10.2 Å². The molecular weight excluding hydrogens is 590 g/mol. The van der Waals surface area contributed by atoms with Gasteiger partial charge in [0.05, 0.1) is 11.9 Å². The molecule has 9 heteroatoms. The van der Waals surface area contributed by atoms with Crippen molar-refractivity contribution in [1.29, 1.82) is 0 Å². The predicted molar refractivity (Wildman–Crippen MR) is 165 cm³/mol. The molecular formula is C31H38BrN3O4S. The largest absolute Gasteiger partial charge is 0.354 e. The number of amides is 2. The summed E-state index contributed by atoms with van der Waals surface area (Å²) in [4.78, 5) is 28.9. The lowest BCUT2D eigenvalue weighted by molar-refractivity contribution is -0.141. The number of anilines is 1. The van der Waals surface area contributed by atoms with Crippen molar-refractivity contribution < 1.29 is 18.0 Å². The van der Waals surface area contributed by atoms with E-state index >= 15 is 0 Å². The first-order valence-electron chi connectivity index (χ1n) is 13.5. The van der Waals surface area contributed by atoms with Gasteiger partial charge in [0.15, 0.2) is 0 Å². The SMILES string of the molecule is CCCNC(=O)[C@H](Cc1ccccc1)N(Cc1ccc(Br)cc1)C(=O)CCCN(c1ccc(C)cc1)S(C)(=O)=O. The molecule has 0 unspecified atom stereocenters. The number of rotatable bonds is 14. The molecule has 0 aliphatic heterocycles. The third-order valence-electron chi connectivity index (χ3n) is 6.56. The molecule has 0 saturated heterocycles. The highest BCUT2D eigenvalue weighted by molar-refractivity contribution is 9.10. The molecule has 214 valence electrons. The van der Waals surface area contributed by atoms with Crippen molar-refractivity contribution in [2.45, 2.75) is 52.1 Å². The summed E-state index contributed by atoms with van der Waals surface area (Å²) < 4.78 is 27.4. The number of nitrogens with one attached hydrogen (secondary N) is 1. The zero-order valence-corrected chi connectivity index (χ0v) is 25.7. The Balaban J connectivity index is 1.85. The summed E-state index contributed by atoms with van der Waals surface area (Å²) in [5.74, 6) is -0.401. The summed E-state index contributed by atoms with van der Waals surface area (Å²) in [6.45, 7) is 4.86. The minimum absolute atomic E-state index is 0.0980. The molecule has 0 aliphatic rings. The summed E-state index contributed by atoms with van der Waals surface area (Å²) in [6.07, 6.45) is 2.73. The average Bonchev–Trinajstić information content (AvgIpc) is 2.93. The molecule has 3 aromatic rings. The maximum atomic E-state index is 13.8. The van der Waals surface area contributed by atoms with Crippen molar-refractivity contribution in [1.82, 2.24) is 10.2 Å². The van der Waals surface area contributed by atoms with Gasteiger partial charge in [0.2, 0.25) is 21.8 Å². The highest BCUT2D eigenvalue weighted by Gasteiger charge is 2.30. The smallest absolute Gasteiger partial charge is 0.243 e. The Hall–Kier alpha value is -3.17. The van der Waals surface area contributed by atoms with Gasteiger partial charge in [-0.2, -0.15) is 0 Å². The highest BCUT2D eigenvalue weighted by Crippen LogP contribution is 2.21. The van der Waals surface area contributed by atoms with Crippen LogP contribution in [0.1, 0.15) is 42.9 Å². The second kappa shape index (κ2) is 15.0. The maximum absolute atomic E-state index is 13.8. The number of benzene rings is 3. The van der Waals surface area contributed by atoms with Crippen molar-refractivity contribution >= 4 is 43.5 Å². The lowest BCUT2D eigenvalue weighted by atomic mass is 10.0. The Morgan fingerprint density at radius 3 is 2.17 bits per heavy atom. The van der Waals surface area contributed by atoms with E-state index in [1.54, 1.807) is 17.0 Å². The van der Waals surface area contributed by atoms with Crippen LogP contribution in [0.25, 0.3) is 0 Å². The number of aryl methyl sites for hydroxylation is 1. The van der Waals surface area contributed by atoms with Crippen LogP contribution in [0.4, 0.5) is 5.69 Å². The standard InChI is InChI=1S/C31H38BrN3O4S/c1-4-20-33-31(37)29(22-25-9-6-5-7-10-25)34(23-26-14-16-27(32)17-15-26)30(36)11-8-21-35(40(3,38)39)28-18-12-24(2)13-19-28/h5-7,9-10,12-19,29H,4,8,11,20-23H2,1-3H3,(H,33,37)/t29-/m0/s1. The fourth-order valence-electron chi connectivity index (χ4n) is 4.42. The number of nitrogens with zero attached hydrogens (tertiary/aromatic N) is 2. The molecule has 0 radical (unpaired) electrons. The van der Waals surface area contributed by atoms with Crippen molar-refractivity contribution in [3.05, 3.63) is 100 Å². The van der Waals surface area contributed by atoms with Gasteiger partial charge in [0.25, 0.3) is 0 Å². The van der Waals surface area contributed by atoms with Crippen LogP contribution in [0.2, 0.25) is 0 Å². The summed E-state index contributed by atoms with van der Waals surface area (Å²) in [7, 11) is -3.54. The van der Waals surface area contributed by atoms with Crippen LogP contribution < -0.4 is 9.62 Å². The van der Waals surface area contributed by atoms with Crippen LogP contribution in [-0.4, -0.2) is 50.5 Å². The highest BCUT2D eigenvalue weighted by atomic mass is 79.9. The Kier molecular flexibility index (Phi) is 11.8. The topological polar surface area (TPSA) is 86.8 Å².